The zero-order valence-corrected chi connectivity index (χ0v) is 5.70. The maximum absolute atomic E-state index is 10.6. The zero-order chi connectivity index (χ0) is 7.98. The van der Waals surface area contributed by atoms with Crippen molar-refractivity contribution in [3.8, 4) is 0 Å². The molecule has 1 unspecified atom stereocenters. The van der Waals surface area contributed by atoms with Crippen molar-refractivity contribution in [2.45, 2.75) is 19.4 Å². The first kappa shape index (κ1) is 9.01. The van der Waals surface area contributed by atoms with Gasteiger partial charge in [-0.2, -0.15) is 0 Å². The molecule has 0 spiro atoms. The molecule has 0 aromatic carbocycles. The first-order valence-electron chi connectivity index (χ1n) is 2.93. The van der Waals surface area contributed by atoms with E-state index in [1.165, 1.54) is 13.0 Å². The van der Waals surface area contributed by atoms with E-state index in [0.717, 1.165) is 0 Å². The highest BCUT2D eigenvalue weighted by Crippen LogP contribution is 1.89. The molecule has 4 nitrogen and oxygen atoms in total. The summed E-state index contributed by atoms with van der Waals surface area (Å²) in [5.41, 5.74) is 0. The summed E-state index contributed by atoms with van der Waals surface area (Å²) in [5.74, 6) is -0.306. The minimum atomic E-state index is -0.957. The third-order valence-corrected chi connectivity index (χ3v) is 1.00. The van der Waals surface area contributed by atoms with Gasteiger partial charge < -0.3 is 5.11 Å². The Kier molecular flexibility index (Phi) is 4.37. The van der Waals surface area contributed by atoms with E-state index >= 15 is 0 Å². The van der Waals surface area contributed by atoms with Gasteiger partial charge in [0.2, 0.25) is 6.08 Å². The number of aliphatic hydroxyl groups excluding tert-OH is 1. The Morgan fingerprint density at radius 1 is 1.80 bits per heavy atom. The molecule has 0 saturated carbocycles. The number of carbonyl (C=O) groups excluding carboxylic acids is 2. The van der Waals surface area contributed by atoms with Gasteiger partial charge in [0.15, 0.2) is 5.78 Å². The molecule has 1 N–H and O–H groups in total. The van der Waals surface area contributed by atoms with Gasteiger partial charge in [-0.3, -0.25) is 4.79 Å². The first-order valence-corrected chi connectivity index (χ1v) is 2.93. The molecular formula is C6H9NO3. The van der Waals surface area contributed by atoms with Gasteiger partial charge >= 0.3 is 0 Å². The van der Waals surface area contributed by atoms with Gasteiger partial charge in [0, 0.05) is 6.42 Å². The summed E-state index contributed by atoms with van der Waals surface area (Å²) in [6.45, 7) is 1.50. The van der Waals surface area contributed by atoms with Crippen LogP contribution in [0, 0.1) is 0 Å². The van der Waals surface area contributed by atoms with Crippen molar-refractivity contribution in [1.82, 2.24) is 0 Å². The van der Waals surface area contributed by atoms with E-state index in [4.69, 9.17) is 5.11 Å². The first-order chi connectivity index (χ1) is 4.68. The number of hydrogen-bond donors (Lipinski definition) is 1. The third-order valence-electron chi connectivity index (χ3n) is 1.00. The van der Waals surface area contributed by atoms with E-state index in [0.29, 0.717) is 0 Å². The molecule has 0 aliphatic carbocycles. The molecule has 1 atom stereocenters. The highest BCUT2D eigenvalue weighted by molar-refractivity contribution is 5.82. The summed E-state index contributed by atoms with van der Waals surface area (Å²) in [4.78, 5) is 23.2. The lowest BCUT2D eigenvalue weighted by Crippen LogP contribution is -2.16. The second-order valence-corrected chi connectivity index (χ2v) is 1.87. The summed E-state index contributed by atoms with van der Waals surface area (Å²) in [5, 5.41) is 8.63. The van der Waals surface area contributed by atoms with Crippen LogP contribution in [-0.4, -0.2) is 29.6 Å². The Morgan fingerprint density at radius 3 is 2.80 bits per heavy atom. The highest BCUT2D eigenvalue weighted by Gasteiger charge is 2.06. The van der Waals surface area contributed by atoms with Crippen molar-refractivity contribution < 1.29 is 14.7 Å². The number of rotatable bonds is 4. The quantitative estimate of drug-likeness (QED) is 0.432. The van der Waals surface area contributed by atoms with Crippen LogP contribution in [0.25, 0.3) is 0 Å². The molecule has 0 aromatic heterocycles. The van der Waals surface area contributed by atoms with Crippen LogP contribution in [0.3, 0.4) is 0 Å². The Labute approximate surface area is 58.6 Å². The monoisotopic (exact) mass is 143 g/mol. The maximum atomic E-state index is 10.6. The standard InChI is InChI=1S/C6H9NO3/c1-5(9)6(10)2-3-7-4-8/h5,9H,2-3H2,1H3. The normalized spacial score (nSPS) is 11.8. The largest absolute Gasteiger partial charge is 0.386 e. The predicted molar refractivity (Wildman–Crippen MR) is 34.3 cm³/mol. The average Bonchev–Trinajstić information content (AvgIpc) is 1.88. The van der Waals surface area contributed by atoms with Crippen LogP contribution < -0.4 is 0 Å². The van der Waals surface area contributed by atoms with Gasteiger partial charge in [-0.1, -0.05) is 0 Å². The lowest BCUT2D eigenvalue weighted by molar-refractivity contribution is -0.126. The minimum Gasteiger partial charge on any atom is -0.386 e. The molecule has 0 radical (unpaired) electrons. The van der Waals surface area contributed by atoms with Crippen molar-refractivity contribution in [3.05, 3.63) is 0 Å². The van der Waals surface area contributed by atoms with Gasteiger partial charge in [0.05, 0.1) is 6.54 Å². The Balaban J connectivity index is 3.49. The number of carbonyl (C=O) groups is 1. The summed E-state index contributed by atoms with van der Waals surface area (Å²) >= 11 is 0. The molecule has 56 valence electrons. The minimum absolute atomic E-state index is 0.104. The van der Waals surface area contributed by atoms with Crippen molar-refractivity contribution in [2.75, 3.05) is 6.54 Å². The smallest absolute Gasteiger partial charge is 0.234 e. The van der Waals surface area contributed by atoms with E-state index in [1.54, 1.807) is 0 Å². The molecular weight excluding hydrogens is 134 g/mol. The summed E-state index contributed by atoms with van der Waals surface area (Å²) in [6, 6.07) is 0. The lowest BCUT2D eigenvalue weighted by atomic mass is 10.2. The van der Waals surface area contributed by atoms with E-state index < -0.39 is 6.10 Å². The SMILES string of the molecule is CC(O)C(=O)CCN=C=O. The van der Waals surface area contributed by atoms with Crippen LogP contribution in [-0.2, 0) is 9.59 Å². The average molecular weight is 143 g/mol. The lowest BCUT2D eigenvalue weighted by Gasteiger charge is -1.98. The molecule has 0 aliphatic rings. The second-order valence-electron chi connectivity index (χ2n) is 1.87. The predicted octanol–water partition coefficient (Wildman–Crippen LogP) is -0.338. The Bertz CT molecular complexity index is 158. The number of ketones is 1. The van der Waals surface area contributed by atoms with Crippen molar-refractivity contribution in [1.29, 1.82) is 0 Å². The fraction of sp³-hybridized carbons (Fsp3) is 0.667. The fourth-order valence-electron chi connectivity index (χ4n) is 0.421. The van der Waals surface area contributed by atoms with Crippen LogP contribution in [0.2, 0.25) is 0 Å². The second kappa shape index (κ2) is 4.85. The third kappa shape index (κ3) is 3.95. The fourth-order valence-corrected chi connectivity index (χ4v) is 0.421. The van der Waals surface area contributed by atoms with Crippen LogP contribution in [0.1, 0.15) is 13.3 Å². The molecule has 0 saturated heterocycles. The van der Waals surface area contributed by atoms with Crippen LogP contribution in [0.4, 0.5) is 0 Å². The zero-order valence-electron chi connectivity index (χ0n) is 5.70. The van der Waals surface area contributed by atoms with Crippen LogP contribution in [0.15, 0.2) is 4.99 Å². The number of Topliss-reactive ketones (excluding diaryl/α,β-unsaturated/α-hetero) is 1. The van der Waals surface area contributed by atoms with Gasteiger partial charge in [0.1, 0.15) is 6.10 Å². The summed E-state index contributed by atoms with van der Waals surface area (Å²) in [7, 11) is 0. The molecule has 0 amide bonds. The Hall–Kier alpha value is -0.990. The Morgan fingerprint density at radius 2 is 2.40 bits per heavy atom. The van der Waals surface area contributed by atoms with Crippen molar-refractivity contribution >= 4 is 11.9 Å². The summed E-state index contributed by atoms with van der Waals surface area (Å²) in [6.07, 6.45) is 0.451. The van der Waals surface area contributed by atoms with Gasteiger partial charge in [-0.25, -0.2) is 9.79 Å². The molecule has 10 heavy (non-hydrogen) atoms. The van der Waals surface area contributed by atoms with Crippen molar-refractivity contribution in [3.63, 3.8) is 0 Å². The highest BCUT2D eigenvalue weighted by atomic mass is 16.3. The number of hydrogen-bond acceptors (Lipinski definition) is 4. The molecule has 0 fully saturated rings. The maximum Gasteiger partial charge on any atom is 0.234 e. The van der Waals surface area contributed by atoms with E-state index in [-0.39, 0.29) is 18.7 Å². The van der Waals surface area contributed by atoms with E-state index in [9.17, 15) is 9.59 Å². The molecule has 0 rings (SSSR count). The van der Waals surface area contributed by atoms with Crippen molar-refractivity contribution in [2.24, 2.45) is 4.99 Å². The summed E-state index contributed by atoms with van der Waals surface area (Å²) < 4.78 is 0. The molecule has 0 aromatic rings. The topological polar surface area (TPSA) is 66.7 Å². The van der Waals surface area contributed by atoms with Crippen LogP contribution >= 0.6 is 0 Å². The van der Waals surface area contributed by atoms with E-state index in [2.05, 4.69) is 4.99 Å². The number of aliphatic hydroxyl groups is 1. The molecule has 0 heterocycles. The van der Waals surface area contributed by atoms with E-state index in [1.807, 2.05) is 0 Å². The number of nitrogens with zero attached hydrogens (tertiary/aromatic N) is 1. The molecule has 0 bridgehead atoms. The number of isocyanates is 1. The number of aliphatic imine (C=N–C) groups is 1. The van der Waals surface area contributed by atoms with Crippen LogP contribution in [0.5, 0.6) is 0 Å². The van der Waals surface area contributed by atoms with Gasteiger partial charge in [-0.15, -0.1) is 0 Å². The van der Waals surface area contributed by atoms with Gasteiger partial charge in [-0.05, 0) is 6.92 Å². The molecule has 4 heteroatoms. The molecule has 0 aliphatic heterocycles. The van der Waals surface area contributed by atoms with Gasteiger partial charge in [0.25, 0.3) is 0 Å².